The number of amides is 5. The van der Waals surface area contributed by atoms with Crippen molar-refractivity contribution in [3.8, 4) is 0 Å². The van der Waals surface area contributed by atoms with Crippen molar-refractivity contribution in [3.63, 3.8) is 0 Å². The molecule has 0 saturated carbocycles. The van der Waals surface area contributed by atoms with Crippen molar-refractivity contribution in [3.05, 3.63) is 0 Å². The zero-order valence-corrected chi connectivity index (χ0v) is 29.2. The second-order valence-electron chi connectivity index (χ2n) is 13.0. The Hall–Kier alpha value is -4.28. The molecule has 17 nitrogen and oxygen atoms in total. The summed E-state index contributed by atoms with van der Waals surface area (Å²) in [4.78, 5) is 102. The molecule has 8 atom stereocenters. The summed E-state index contributed by atoms with van der Waals surface area (Å²) in [6, 6.07) is -7.12. The van der Waals surface area contributed by atoms with Crippen LogP contribution in [-0.4, -0.2) is 110 Å². The van der Waals surface area contributed by atoms with E-state index in [1.54, 1.807) is 34.6 Å². The highest BCUT2D eigenvalue weighted by Crippen LogP contribution is 2.21. The molecule has 0 radical (unpaired) electrons. The van der Waals surface area contributed by atoms with Gasteiger partial charge in [0.05, 0.1) is 6.04 Å². The summed E-state index contributed by atoms with van der Waals surface area (Å²) in [5, 5.41) is 38.0. The molecule has 1 aliphatic rings. The van der Waals surface area contributed by atoms with Gasteiger partial charge in [0.2, 0.25) is 29.5 Å². The van der Waals surface area contributed by atoms with Gasteiger partial charge >= 0.3 is 17.9 Å². The van der Waals surface area contributed by atoms with Crippen LogP contribution in [0.15, 0.2) is 0 Å². The van der Waals surface area contributed by atoms with E-state index in [0.717, 1.165) is 0 Å². The molecule has 1 heterocycles. The first-order valence-corrected chi connectivity index (χ1v) is 16.8. The van der Waals surface area contributed by atoms with Gasteiger partial charge in [-0.25, -0.2) is 4.79 Å². The van der Waals surface area contributed by atoms with Crippen LogP contribution in [0.4, 0.5) is 0 Å². The molecule has 278 valence electrons. The Bertz CT molecular complexity index is 1210. The third kappa shape index (κ3) is 13.3. The van der Waals surface area contributed by atoms with E-state index in [9.17, 15) is 48.6 Å². The van der Waals surface area contributed by atoms with Crippen LogP contribution in [0.1, 0.15) is 92.9 Å². The van der Waals surface area contributed by atoms with Crippen molar-refractivity contribution in [2.75, 3.05) is 6.54 Å². The highest BCUT2D eigenvalue weighted by Gasteiger charge is 2.41. The van der Waals surface area contributed by atoms with Crippen LogP contribution in [-0.2, 0) is 38.4 Å². The van der Waals surface area contributed by atoms with Crippen molar-refractivity contribution >= 4 is 47.4 Å². The highest BCUT2D eigenvalue weighted by atomic mass is 16.4. The van der Waals surface area contributed by atoms with Gasteiger partial charge in [-0.2, -0.15) is 0 Å². The second kappa shape index (κ2) is 20.3. The molecule has 5 amide bonds. The molecule has 0 aliphatic carbocycles. The van der Waals surface area contributed by atoms with E-state index >= 15 is 0 Å². The minimum absolute atomic E-state index is 0.110. The fraction of sp³-hybridized carbons (Fsp3) is 0.750. The van der Waals surface area contributed by atoms with E-state index in [1.807, 2.05) is 6.92 Å². The fourth-order valence-corrected chi connectivity index (χ4v) is 5.37. The number of nitrogens with zero attached hydrogens (tertiary/aromatic N) is 1. The minimum Gasteiger partial charge on any atom is -0.481 e. The van der Waals surface area contributed by atoms with Crippen LogP contribution in [0.5, 0.6) is 0 Å². The van der Waals surface area contributed by atoms with Crippen LogP contribution < -0.4 is 27.0 Å². The van der Waals surface area contributed by atoms with Gasteiger partial charge in [-0.3, -0.25) is 33.6 Å². The van der Waals surface area contributed by atoms with Crippen LogP contribution in [0.3, 0.4) is 0 Å². The van der Waals surface area contributed by atoms with Gasteiger partial charge in [-0.05, 0) is 43.4 Å². The molecule has 9 N–H and O–H groups in total. The number of hydrogen-bond acceptors (Lipinski definition) is 9. The van der Waals surface area contributed by atoms with E-state index in [4.69, 9.17) is 10.8 Å². The van der Waals surface area contributed by atoms with Gasteiger partial charge in [-0.15, -0.1) is 0 Å². The molecular weight excluding hydrogens is 644 g/mol. The normalized spacial score (nSPS) is 18.6. The van der Waals surface area contributed by atoms with E-state index in [-0.39, 0.29) is 25.8 Å². The predicted octanol–water partition coefficient (Wildman–Crippen LogP) is -0.194. The average Bonchev–Trinajstić information content (AvgIpc) is 3.54. The van der Waals surface area contributed by atoms with E-state index < -0.39 is 114 Å². The lowest BCUT2D eigenvalue weighted by Gasteiger charge is -2.32. The van der Waals surface area contributed by atoms with Gasteiger partial charge in [0.25, 0.3) is 0 Å². The number of carboxylic acid groups (broad SMARTS) is 3. The lowest BCUT2D eigenvalue weighted by atomic mass is 9.94. The molecule has 0 aromatic heterocycles. The number of likely N-dealkylation sites (tertiary alicyclic amines) is 1. The number of nitrogens with one attached hydrogen (secondary N) is 4. The zero-order chi connectivity index (χ0) is 37.6. The molecule has 0 bridgehead atoms. The number of nitrogens with two attached hydrogens (primary N) is 1. The zero-order valence-electron chi connectivity index (χ0n) is 29.2. The Balaban J connectivity index is 3.22. The molecule has 0 spiro atoms. The minimum atomic E-state index is -1.36. The third-order valence-corrected chi connectivity index (χ3v) is 8.92. The quantitative estimate of drug-likeness (QED) is 0.0775. The molecule has 0 aromatic rings. The fourth-order valence-electron chi connectivity index (χ4n) is 5.37. The maximum absolute atomic E-state index is 13.7. The Kier molecular flexibility index (Phi) is 17.7. The molecule has 1 aliphatic heterocycles. The van der Waals surface area contributed by atoms with Crippen LogP contribution in [0, 0.1) is 17.8 Å². The van der Waals surface area contributed by atoms with Crippen molar-refractivity contribution in [1.82, 2.24) is 26.2 Å². The standard InChI is InChI=1S/C32H54N6O11/c1-7-17(5)25(30(46)37-26(18(6)8-2)29(45)35-24(16(3)4)32(48)49)36-28(44)21-10-9-15-38(21)31(47)20(12-14-23(41)42)34-27(43)19(33)11-13-22(39)40/h16-21,24-26H,7-15,33H2,1-6H3,(H,34,43)(H,35,45)(H,36,44)(H,37,46)(H,39,40)(H,41,42)(H,48,49)/t17-,18-,19-,20-,21-,24-,25-,26-/m0/s1. The van der Waals surface area contributed by atoms with Crippen LogP contribution in [0.25, 0.3) is 0 Å². The van der Waals surface area contributed by atoms with Crippen molar-refractivity contribution in [2.24, 2.45) is 23.5 Å². The molecule has 1 saturated heterocycles. The summed E-state index contributed by atoms with van der Waals surface area (Å²) in [5.41, 5.74) is 5.78. The number of carbonyl (C=O) groups is 8. The molecule has 0 unspecified atom stereocenters. The van der Waals surface area contributed by atoms with E-state index in [0.29, 0.717) is 19.3 Å². The van der Waals surface area contributed by atoms with Gasteiger partial charge in [-0.1, -0.05) is 54.4 Å². The maximum atomic E-state index is 13.7. The summed E-state index contributed by atoms with van der Waals surface area (Å²) >= 11 is 0. The summed E-state index contributed by atoms with van der Waals surface area (Å²) in [7, 11) is 0. The number of carboxylic acids is 3. The first kappa shape index (κ1) is 42.7. The van der Waals surface area contributed by atoms with E-state index in [1.165, 1.54) is 4.90 Å². The second-order valence-corrected chi connectivity index (χ2v) is 13.0. The number of carbonyl (C=O) groups excluding carboxylic acids is 5. The summed E-state index contributed by atoms with van der Waals surface area (Å²) in [6.07, 6.45) is 0.126. The molecule has 49 heavy (non-hydrogen) atoms. The lowest BCUT2D eigenvalue weighted by Crippen LogP contribution is -2.61. The Labute approximate surface area is 286 Å². The van der Waals surface area contributed by atoms with Gasteiger partial charge < -0.3 is 47.2 Å². The Morgan fingerprint density at radius 3 is 1.67 bits per heavy atom. The summed E-state index contributed by atoms with van der Waals surface area (Å²) < 4.78 is 0. The van der Waals surface area contributed by atoms with Crippen LogP contribution in [0.2, 0.25) is 0 Å². The number of hydrogen-bond donors (Lipinski definition) is 8. The van der Waals surface area contributed by atoms with Crippen molar-refractivity contribution in [2.45, 2.75) is 129 Å². The Morgan fingerprint density at radius 2 is 1.20 bits per heavy atom. The molecule has 17 heteroatoms. The smallest absolute Gasteiger partial charge is 0.326 e. The Morgan fingerprint density at radius 1 is 0.714 bits per heavy atom. The van der Waals surface area contributed by atoms with Gasteiger partial charge in [0, 0.05) is 19.4 Å². The highest BCUT2D eigenvalue weighted by molar-refractivity contribution is 5.97. The van der Waals surface area contributed by atoms with Gasteiger partial charge in [0.1, 0.15) is 30.2 Å². The first-order chi connectivity index (χ1) is 22.9. The average molecular weight is 699 g/mol. The predicted molar refractivity (Wildman–Crippen MR) is 176 cm³/mol. The topological polar surface area (TPSA) is 275 Å². The summed E-state index contributed by atoms with van der Waals surface area (Å²) in [6.45, 7) is 10.5. The summed E-state index contributed by atoms with van der Waals surface area (Å²) in [5.74, 6) is -8.45. The lowest BCUT2D eigenvalue weighted by molar-refractivity contribution is -0.144. The van der Waals surface area contributed by atoms with Gasteiger partial charge in [0.15, 0.2) is 0 Å². The third-order valence-electron chi connectivity index (χ3n) is 8.92. The SMILES string of the molecule is CC[C@H](C)[C@H](NC(=O)[C@@H](NC(=O)[C@@H]1CCCN1C(=O)[C@H](CCC(=O)O)NC(=O)[C@@H](N)CCC(=O)O)[C@@H](C)CC)C(=O)N[C@H](C(=O)O)C(C)C. The van der Waals surface area contributed by atoms with Crippen LogP contribution >= 0.6 is 0 Å². The number of aliphatic carboxylic acids is 3. The maximum Gasteiger partial charge on any atom is 0.326 e. The molecule has 1 rings (SSSR count). The molecule has 0 aromatic carbocycles. The van der Waals surface area contributed by atoms with Crippen molar-refractivity contribution < 1.29 is 53.7 Å². The van der Waals surface area contributed by atoms with Crippen molar-refractivity contribution in [1.29, 1.82) is 0 Å². The number of rotatable bonds is 21. The molecular formula is C32H54N6O11. The monoisotopic (exact) mass is 698 g/mol. The largest absolute Gasteiger partial charge is 0.481 e. The molecule has 1 fully saturated rings. The van der Waals surface area contributed by atoms with E-state index in [2.05, 4.69) is 21.3 Å². The first-order valence-electron chi connectivity index (χ1n) is 16.8.